The molecule has 5 N–H and O–H groups in total. The molecule has 33 heavy (non-hydrogen) atoms. The third kappa shape index (κ3) is 6.44. The lowest BCUT2D eigenvalue weighted by molar-refractivity contribution is -0.147. The van der Waals surface area contributed by atoms with Crippen LogP contribution in [0.5, 0.6) is 11.5 Å². The van der Waals surface area contributed by atoms with Crippen LogP contribution in [0.25, 0.3) is 0 Å². The van der Waals surface area contributed by atoms with Crippen molar-refractivity contribution in [1.82, 2.24) is 0 Å². The molecule has 2 aromatic rings. The molecule has 0 aliphatic heterocycles. The predicted octanol–water partition coefficient (Wildman–Crippen LogP) is 2.29. The SMILES string of the molecule is CCCc1c(OCC(O)CNc2cccc(NC(=O)C(=O)O)c2C#N)ccc(C(C)=O)c1O. The van der Waals surface area contributed by atoms with Crippen LogP contribution < -0.4 is 15.4 Å². The zero-order valence-corrected chi connectivity index (χ0v) is 18.2. The molecule has 0 aliphatic rings. The lowest BCUT2D eigenvalue weighted by Gasteiger charge is -2.18. The number of nitrogens with one attached hydrogen (secondary N) is 2. The number of carbonyl (C=O) groups excluding carboxylic acids is 2. The highest BCUT2D eigenvalue weighted by Crippen LogP contribution is 2.33. The Balaban J connectivity index is 2.07. The van der Waals surface area contributed by atoms with E-state index in [2.05, 4.69) is 10.6 Å². The Morgan fingerprint density at radius 2 is 1.88 bits per heavy atom. The monoisotopic (exact) mass is 455 g/mol. The van der Waals surface area contributed by atoms with Crippen molar-refractivity contribution in [3.8, 4) is 17.6 Å². The molecule has 2 rings (SSSR count). The maximum atomic E-state index is 11.7. The van der Waals surface area contributed by atoms with E-state index in [1.165, 1.54) is 25.1 Å². The number of rotatable bonds is 10. The topological polar surface area (TPSA) is 169 Å². The van der Waals surface area contributed by atoms with Crippen LogP contribution in [0.15, 0.2) is 30.3 Å². The van der Waals surface area contributed by atoms with Gasteiger partial charge in [-0.25, -0.2) is 4.79 Å². The largest absolute Gasteiger partial charge is 0.507 e. The number of carbonyl (C=O) groups is 3. The number of ketones is 1. The highest BCUT2D eigenvalue weighted by atomic mass is 16.5. The third-order valence-electron chi connectivity index (χ3n) is 4.70. The molecule has 0 saturated heterocycles. The van der Waals surface area contributed by atoms with Crippen LogP contribution in [0.4, 0.5) is 11.4 Å². The first-order valence-electron chi connectivity index (χ1n) is 10.2. The van der Waals surface area contributed by atoms with E-state index in [4.69, 9.17) is 9.84 Å². The summed E-state index contributed by atoms with van der Waals surface area (Å²) in [5.41, 5.74) is 1.00. The molecule has 0 fully saturated rings. The summed E-state index contributed by atoms with van der Waals surface area (Å²) in [5.74, 6) is -3.01. The van der Waals surface area contributed by atoms with Crippen molar-refractivity contribution in [2.75, 3.05) is 23.8 Å². The van der Waals surface area contributed by atoms with Gasteiger partial charge in [-0.2, -0.15) is 5.26 Å². The molecule has 0 bridgehead atoms. The van der Waals surface area contributed by atoms with Crippen molar-refractivity contribution in [1.29, 1.82) is 5.26 Å². The van der Waals surface area contributed by atoms with E-state index in [0.29, 0.717) is 24.2 Å². The molecule has 1 amide bonds. The molecule has 0 radical (unpaired) electrons. The van der Waals surface area contributed by atoms with Gasteiger partial charge in [0.25, 0.3) is 0 Å². The summed E-state index contributed by atoms with van der Waals surface area (Å²) in [6.45, 7) is 3.12. The number of aliphatic hydroxyl groups is 1. The fourth-order valence-electron chi connectivity index (χ4n) is 3.10. The van der Waals surface area contributed by atoms with Gasteiger partial charge in [-0.05, 0) is 37.6 Å². The van der Waals surface area contributed by atoms with E-state index >= 15 is 0 Å². The molecule has 0 aliphatic carbocycles. The number of Topliss-reactive ketones (excluding diaryl/α,β-unsaturated/α-hetero) is 1. The van der Waals surface area contributed by atoms with Crippen LogP contribution >= 0.6 is 0 Å². The summed E-state index contributed by atoms with van der Waals surface area (Å²) < 4.78 is 5.67. The number of hydrogen-bond donors (Lipinski definition) is 5. The highest BCUT2D eigenvalue weighted by molar-refractivity contribution is 6.36. The summed E-state index contributed by atoms with van der Waals surface area (Å²) in [5, 5.41) is 43.9. The third-order valence-corrected chi connectivity index (χ3v) is 4.70. The Hall–Kier alpha value is -4.10. The van der Waals surface area contributed by atoms with Crippen molar-refractivity contribution in [2.24, 2.45) is 0 Å². The van der Waals surface area contributed by atoms with Gasteiger partial charge in [0, 0.05) is 12.1 Å². The first-order valence-corrected chi connectivity index (χ1v) is 10.2. The number of phenols is 1. The standard InChI is InChI=1S/C23H25N3O7/c1-3-5-16-20(9-8-15(13(2)27)21(16)29)33-12-14(28)11-25-18-6-4-7-19(17(18)10-24)26-22(30)23(31)32/h4,6-9,14,25,28-29H,3,5,11-12H2,1-2H3,(H,26,30)(H,31,32). The van der Waals surface area contributed by atoms with Crippen molar-refractivity contribution in [3.63, 3.8) is 0 Å². The van der Waals surface area contributed by atoms with Crippen molar-refractivity contribution in [2.45, 2.75) is 32.8 Å². The van der Waals surface area contributed by atoms with Gasteiger partial charge in [0.1, 0.15) is 30.3 Å². The van der Waals surface area contributed by atoms with Crippen LogP contribution in [-0.2, 0) is 16.0 Å². The minimum atomic E-state index is -1.69. The maximum absolute atomic E-state index is 11.7. The number of carboxylic acid groups (broad SMARTS) is 1. The fraction of sp³-hybridized carbons (Fsp3) is 0.304. The summed E-state index contributed by atoms with van der Waals surface area (Å²) in [7, 11) is 0. The number of aliphatic carboxylic acids is 1. The lowest BCUT2D eigenvalue weighted by atomic mass is 10.0. The van der Waals surface area contributed by atoms with Crippen LogP contribution in [0.1, 0.15) is 41.8 Å². The Morgan fingerprint density at radius 3 is 2.48 bits per heavy atom. The van der Waals surface area contributed by atoms with E-state index in [1.807, 2.05) is 13.0 Å². The Bertz CT molecular complexity index is 1090. The van der Waals surface area contributed by atoms with Crippen molar-refractivity contribution in [3.05, 3.63) is 47.0 Å². The quantitative estimate of drug-likeness (QED) is 0.266. The van der Waals surface area contributed by atoms with Gasteiger partial charge in [-0.15, -0.1) is 0 Å². The van der Waals surface area contributed by atoms with Crippen LogP contribution in [0.2, 0.25) is 0 Å². The number of carboxylic acids is 1. The molecule has 0 spiro atoms. The number of ether oxygens (including phenoxy) is 1. The highest BCUT2D eigenvalue weighted by Gasteiger charge is 2.18. The fourth-order valence-corrected chi connectivity index (χ4v) is 3.10. The minimum absolute atomic E-state index is 0.00944. The van der Waals surface area contributed by atoms with Gasteiger partial charge in [0.15, 0.2) is 5.78 Å². The number of aromatic hydroxyl groups is 1. The molecule has 10 heteroatoms. The summed E-state index contributed by atoms with van der Waals surface area (Å²) in [4.78, 5) is 33.8. The number of nitriles is 1. The average molecular weight is 455 g/mol. The van der Waals surface area contributed by atoms with Gasteiger partial charge in [0.05, 0.1) is 22.5 Å². The van der Waals surface area contributed by atoms with E-state index in [-0.39, 0.29) is 47.2 Å². The maximum Gasteiger partial charge on any atom is 0.394 e. The van der Waals surface area contributed by atoms with Crippen LogP contribution in [0, 0.1) is 11.3 Å². The van der Waals surface area contributed by atoms with E-state index < -0.39 is 18.0 Å². The number of phenolic OH excluding ortho intramolecular Hbond substituents is 1. The van der Waals surface area contributed by atoms with Crippen LogP contribution in [-0.4, -0.2) is 52.2 Å². The zero-order valence-electron chi connectivity index (χ0n) is 18.2. The van der Waals surface area contributed by atoms with Gasteiger partial charge in [-0.3, -0.25) is 9.59 Å². The zero-order chi connectivity index (χ0) is 24.5. The van der Waals surface area contributed by atoms with E-state index in [0.717, 1.165) is 0 Å². The van der Waals surface area contributed by atoms with Gasteiger partial charge in [-0.1, -0.05) is 19.4 Å². The second kappa shape index (κ2) is 11.5. The number of benzene rings is 2. The normalized spacial score (nSPS) is 11.2. The van der Waals surface area contributed by atoms with Crippen LogP contribution in [0.3, 0.4) is 0 Å². The molecule has 0 aromatic heterocycles. The second-order valence-corrected chi connectivity index (χ2v) is 7.19. The van der Waals surface area contributed by atoms with Crippen molar-refractivity contribution < 1.29 is 34.4 Å². The smallest absolute Gasteiger partial charge is 0.394 e. The molecular weight excluding hydrogens is 430 g/mol. The van der Waals surface area contributed by atoms with Gasteiger partial charge in [0.2, 0.25) is 0 Å². The van der Waals surface area contributed by atoms with Gasteiger partial charge < -0.3 is 30.7 Å². The first-order chi connectivity index (χ1) is 15.7. The molecule has 1 atom stereocenters. The number of nitrogens with zero attached hydrogens (tertiary/aromatic N) is 1. The Morgan fingerprint density at radius 1 is 1.18 bits per heavy atom. The molecule has 1 unspecified atom stereocenters. The van der Waals surface area contributed by atoms with E-state index in [1.54, 1.807) is 12.1 Å². The van der Waals surface area contributed by atoms with E-state index in [9.17, 15) is 29.9 Å². The molecule has 0 heterocycles. The first kappa shape index (κ1) is 25.2. The molecule has 174 valence electrons. The number of anilines is 2. The predicted molar refractivity (Wildman–Crippen MR) is 120 cm³/mol. The number of amides is 1. The lowest BCUT2D eigenvalue weighted by Crippen LogP contribution is -2.27. The summed E-state index contributed by atoms with van der Waals surface area (Å²) >= 11 is 0. The Labute approximate surface area is 190 Å². The molecule has 2 aromatic carbocycles. The Kier molecular flexibility index (Phi) is 8.77. The number of aliphatic hydroxyl groups excluding tert-OH is 1. The van der Waals surface area contributed by atoms with Crippen molar-refractivity contribution >= 4 is 29.0 Å². The summed E-state index contributed by atoms with van der Waals surface area (Å²) in [6, 6.07) is 9.37. The minimum Gasteiger partial charge on any atom is -0.507 e. The molecular formula is C23H25N3O7. The number of hydrogen-bond acceptors (Lipinski definition) is 8. The molecule has 0 saturated carbocycles. The average Bonchev–Trinajstić information content (AvgIpc) is 2.77. The summed E-state index contributed by atoms with van der Waals surface area (Å²) in [6.07, 6.45) is 0.177. The second-order valence-electron chi connectivity index (χ2n) is 7.19. The molecule has 10 nitrogen and oxygen atoms in total. The van der Waals surface area contributed by atoms with Gasteiger partial charge >= 0.3 is 11.9 Å².